The molecule has 1 fully saturated rings. The summed E-state index contributed by atoms with van der Waals surface area (Å²) in [6, 6.07) is 4.53. The molecule has 0 saturated heterocycles. The Kier molecular flexibility index (Phi) is 5.43. The van der Waals surface area contributed by atoms with E-state index >= 15 is 0 Å². The van der Waals surface area contributed by atoms with Gasteiger partial charge in [0.2, 0.25) is 5.91 Å². The molecular formula is C18H26FNO2. The van der Waals surface area contributed by atoms with Crippen LogP contribution in [0.25, 0.3) is 0 Å². The summed E-state index contributed by atoms with van der Waals surface area (Å²) in [5.41, 5.74) is 0.490. The van der Waals surface area contributed by atoms with Crippen molar-refractivity contribution in [2.45, 2.75) is 40.0 Å². The second kappa shape index (κ2) is 7.12. The zero-order chi connectivity index (χ0) is 16.3. The van der Waals surface area contributed by atoms with E-state index in [-0.39, 0.29) is 17.6 Å². The first-order valence-corrected chi connectivity index (χ1v) is 8.06. The monoisotopic (exact) mass is 307 g/mol. The number of hydrogen-bond donors (Lipinski definition) is 1. The molecule has 3 nitrogen and oxygen atoms in total. The normalized spacial score (nSPS) is 25.1. The van der Waals surface area contributed by atoms with E-state index in [4.69, 9.17) is 4.74 Å². The molecule has 1 aromatic rings. The summed E-state index contributed by atoms with van der Waals surface area (Å²) in [6.45, 7) is 6.55. The number of benzene rings is 1. The molecular weight excluding hydrogens is 281 g/mol. The molecule has 1 N–H and O–H groups in total. The van der Waals surface area contributed by atoms with Crippen molar-refractivity contribution < 1.29 is 13.9 Å². The third-order valence-electron chi connectivity index (χ3n) is 4.78. The van der Waals surface area contributed by atoms with Gasteiger partial charge in [-0.15, -0.1) is 0 Å². The summed E-state index contributed by atoms with van der Waals surface area (Å²) in [5, 5.41) is 2.87. The molecule has 1 aliphatic rings. The molecule has 2 rings (SSSR count). The largest absolute Gasteiger partial charge is 0.494 e. The van der Waals surface area contributed by atoms with Gasteiger partial charge in [-0.2, -0.15) is 0 Å². The molecule has 1 amide bonds. The maximum Gasteiger partial charge on any atom is 0.227 e. The maximum atomic E-state index is 13.7. The number of amides is 1. The summed E-state index contributed by atoms with van der Waals surface area (Å²) in [4.78, 5) is 12.6. The SMILES string of the molecule is COc1ccc(NC(=O)[C@@H]2C[C@H](C)CC[C@H]2C(C)C)cc1F. The fourth-order valence-electron chi connectivity index (χ4n) is 3.48. The van der Waals surface area contributed by atoms with Crippen molar-refractivity contribution in [2.75, 3.05) is 12.4 Å². The van der Waals surface area contributed by atoms with E-state index in [9.17, 15) is 9.18 Å². The van der Waals surface area contributed by atoms with Gasteiger partial charge in [-0.3, -0.25) is 4.79 Å². The van der Waals surface area contributed by atoms with Gasteiger partial charge in [-0.1, -0.05) is 27.2 Å². The Hall–Kier alpha value is -1.58. The number of anilines is 1. The molecule has 1 aliphatic carbocycles. The molecule has 0 spiro atoms. The fraction of sp³-hybridized carbons (Fsp3) is 0.611. The van der Waals surface area contributed by atoms with Gasteiger partial charge >= 0.3 is 0 Å². The lowest BCUT2D eigenvalue weighted by atomic mass is 9.70. The molecule has 0 radical (unpaired) electrons. The Morgan fingerprint density at radius 1 is 1.36 bits per heavy atom. The van der Waals surface area contributed by atoms with E-state index in [0.29, 0.717) is 23.4 Å². The predicted molar refractivity (Wildman–Crippen MR) is 86.4 cm³/mol. The molecule has 1 saturated carbocycles. The molecule has 0 aromatic heterocycles. The van der Waals surface area contributed by atoms with Crippen LogP contribution in [-0.2, 0) is 4.79 Å². The molecule has 1 aromatic carbocycles. The van der Waals surface area contributed by atoms with Crippen LogP contribution in [-0.4, -0.2) is 13.0 Å². The predicted octanol–water partition coefficient (Wildman–Crippen LogP) is 4.48. The summed E-state index contributed by atoms with van der Waals surface area (Å²) < 4.78 is 18.6. The number of hydrogen-bond acceptors (Lipinski definition) is 2. The van der Waals surface area contributed by atoms with Crippen molar-refractivity contribution in [3.63, 3.8) is 0 Å². The molecule has 0 unspecified atom stereocenters. The Balaban J connectivity index is 2.10. The van der Waals surface area contributed by atoms with Crippen LogP contribution in [0.15, 0.2) is 18.2 Å². The van der Waals surface area contributed by atoms with Gasteiger partial charge in [0.1, 0.15) is 0 Å². The van der Waals surface area contributed by atoms with Crippen molar-refractivity contribution >= 4 is 11.6 Å². The van der Waals surface area contributed by atoms with Gasteiger partial charge in [0.05, 0.1) is 7.11 Å². The van der Waals surface area contributed by atoms with Gasteiger partial charge in [0.25, 0.3) is 0 Å². The topological polar surface area (TPSA) is 38.3 Å². The van der Waals surface area contributed by atoms with Crippen molar-refractivity contribution in [3.05, 3.63) is 24.0 Å². The van der Waals surface area contributed by atoms with Crippen LogP contribution in [0.2, 0.25) is 0 Å². The minimum absolute atomic E-state index is 0.00825. The summed E-state index contributed by atoms with van der Waals surface area (Å²) in [5.74, 6) is 1.19. The number of ether oxygens (including phenoxy) is 1. The number of methoxy groups -OCH3 is 1. The van der Waals surface area contributed by atoms with E-state index in [1.807, 2.05) is 0 Å². The Morgan fingerprint density at radius 2 is 2.09 bits per heavy atom. The number of carbonyl (C=O) groups is 1. The average molecular weight is 307 g/mol. The van der Waals surface area contributed by atoms with Crippen LogP contribution in [0.5, 0.6) is 5.75 Å². The number of rotatable bonds is 4. The van der Waals surface area contributed by atoms with Gasteiger partial charge in [0, 0.05) is 17.7 Å². The van der Waals surface area contributed by atoms with Crippen molar-refractivity contribution in [2.24, 2.45) is 23.7 Å². The van der Waals surface area contributed by atoms with Crippen LogP contribution in [0.3, 0.4) is 0 Å². The smallest absolute Gasteiger partial charge is 0.227 e. The lowest BCUT2D eigenvalue weighted by Crippen LogP contribution is -2.36. The molecule has 3 atom stereocenters. The summed E-state index contributed by atoms with van der Waals surface area (Å²) in [6.07, 6.45) is 3.19. The molecule has 22 heavy (non-hydrogen) atoms. The van der Waals surface area contributed by atoms with Crippen LogP contribution in [0, 0.1) is 29.5 Å². The molecule has 0 aliphatic heterocycles. The maximum absolute atomic E-state index is 13.7. The molecule has 122 valence electrons. The van der Waals surface area contributed by atoms with E-state index < -0.39 is 5.82 Å². The van der Waals surface area contributed by atoms with Gasteiger partial charge in [-0.25, -0.2) is 4.39 Å². The van der Waals surface area contributed by atoms with Gasteiger partial charge < -0.3 is 10.1 Å². The number of halogens is 1. The van der Waals surface area contributed by atoms with E-state index in [2.05, 4.69) is 26.1 Å². The minimum Gasteiger partial charge on any atom is -0.494 e. The van der Waals surface area contributed by atoms with Crippen molar-refractivity contribution in [1.29, 1.82) is 0 Å². The first kappa shape index (κ1) is 16.8. The summed E-state index contributed by atoms with van der Waals surface area (Å²) in [7, 11) is 1.42. The first-order chi connectivity index (χ1) is 10.4. The molecule has 4 heteroatoms. The highest BCUT2D eigenvalue weighted by Gasteiger charge is 2.35. The van der Waals surface area contributed by atoms with Crippen molar-refractivity contribution in [1.82, 2.24) is 0 Å². The Bertz CT molecular complexity index is 530. The fourth-order valence-corrected chi connectivity index (χ4v) is 3.48. The third kappa shape index (κ3) is 3.79. The van der Waals surface area contributed by atoms with Crippen LogP contribution >= 0.6 is 0 Å². The second-order valence-electron chi connectivity index (χ2n) is 6.77. The van der Waals surface area contributed by atoms with Gasteiger partial charge in [0.15, 0.2) is 11.6 Å². The van der Waals surface area contributed by atoms with Crippen LogP contribution in [0.1, 0.15) is 40.0 Å². The van der Waals surface area contributed by atoms with E-state index in [1.165, 1.54) is 25.7 Å². The number of nitrogens with one attached hydrogen (secondary N) is 1. The van der Waals surface area contributed by atoms with Crippen LogP contribution in [0.4, 0.5) is 10.1 Å². The van der Waals surface area contributed by atoms with Crippen molar-refractivity contribution in [3.8, 4) is 5.75 Å². The highest BCUT2D eigenvalue weighted by Crippen LogP contribution is 2.38. The minimum atomic E-state index is -0.460. The third-order valence-corrected chi connectivity index (χ3v) is 4.78. The zero-order valence-electron chi connectivity index (χ0n) is 13.9. The molecule has 0 heterocycles. The zero-order valence-corrected chi connectivity index (χ0v) is 13.9. The Morgan fingerprint density at radius 3 is 2.68 bits per heavy atom. The highest BCUT2D eigenvalue weighted by molar-refractivity contribution is 5.92. The van der Waals surface area contributed by atoms with E-state index in [0.717, 1.165) is 12.8 Å². The van der Waals surface area contributed by atoms with Gasteiger partial charge in [-0.05, 0) is 42.7 Å². The quantitative estimate of drug-likeness (QED) is 0.890. The lowest BCUT2D eigenvalue weighted by molar-refractivity contribution is -0.123. The van der Waals surface area contributed by atoms with Crippen LogP contribution < -0.4 is 10.1 Å². The second-order valence-corrected chi connectivity index (χ2v) is 6.77. The number of carbonyl (C=O) groups excluding carboxylic acids is 1. The average Bonchev–Trinajstić information content (AvgIpc) is 2.47. The highest BCUT2D eigenvalue weighted by atomic mass is 19.1. The lowest BCUT2D eigenvalue weighted by Gasteiger charge is -2.36. The van der Waals surface area contributed by atoms with E-state index in [1.54, 1.807) is 6.07 Å². The molecule has 0 bridgehead atoms. The Labute approximate surface area is 132 Å². The summed E-state index contributed by atoms with van der Waals surface area (Å²) >= 11 is 0. The first-order valence-electron chi connectivity index (χ1n) is 8.06. The standard InChI is InChI=1S/C18H26FNO2/c1-11(2)14-7-5-12(3)9-15(14)18(21)20-13-6-8-17(22-4)16(19)10-13/h6,8,10-12,14-15H,5,7,9H2,1-4H3,(H,20,21)/t12-,14+,15-/m1/s1.